The second kappa shape index (κ2) is 4.45. The Kier molecular flexibility index (Phi) is 3.00. The minimum Gasteiger partial charge on any atom is -0.508 e. The van der Waals surface area contributed by atoms with Gasteiger partial charge in [-0.15, -0.1) is 0 Å². The first-order valence-corrected chi connectivity index (χ1v) is 5.25. The lowest BCUT2D eigenvalue weighted by Gasteiger charge is -2.09. The fourth-order valence-electron chi connectivity index (χ4n) is 1.79. The first-order valence-electron chi connectivity index (χ1n) is 5.25. The Morgan fingerprint density at radius 1 is 1.06 bits per heavy atom. The number of hydrogen-bond donors (Lipinski definition) is 1. The van der Waals surface area contributed by atoms with Crippen molar-refractivity contribution in [1.29, 1.82) is 0 Å². The summed E-state index contributed by atoms with van der Waals surface area (Å²) >= 11 is 0. The molecule has 17 heavy (non-hydrogen) atoms. The fourth-order valence-corrected chi connectivity index (χ4v) is 1.79. The SMILES string of the molecule is COc1ccc(-c2ccc(O)cc2F)c(C)c1. The van der Waals surface area contributed by atoms with Crippen molar-refractivity contribution < 1.29 is 14.2 Å². The third kappa shape index (κ3) is 2.23. The molecule has 0 fully saturated rings. The first-order chi connectivity index (χ1) is 8.11. The number of aryl methyl sites for hydroxylation is 1. The summed E-state index contributed by atoms with van der Waals surface area (Å²) in [5, 5.41) is 9.18. The second-order valence-corrected chi connectivity index (χ2v) is 3.85. The van der Waals surface area contributed by atoms with Gasteiger partial charge >= 0.3 is 0 Å². The molecule has 2 aromatic rings. The van der Waals surface area contributed by atoms with E-state index in [9.17, 15) is 9.50 Å². The maximum Gasteiger partial charge on any atom is 0.134 e. The third-order valence-corrected chi connectivity index (χ3v) is 2.68. The molecule has 2 aromatic carbocycles. The van der Waals surface area contributed by atoms with Crippen LogP contribution in [-0.2, 0) is 0 Å². The molecule has 0 spiro atoms. The lowest BCUT2D eigenvalue weighted by Crippen LogP contribution is -1.89. The highest BCUT2D eigenvalue weighted by Crippen LogP contribution is 2.30. The molecule has 0 radical (unpaired) electrons. The molecular formula is C14H13FO2. The van der Waals surface area contributed by atoms with Gasteiger partial charge in [-0.05, 0) is 42.3 Å². The Morgan fingerprint density at radius 3 is 2.35 bits per heavy atom. The monoisotopic (exact) mass is 232 g/mol. The van der Waals surface area contributed by atoms with E-state index in [0.29, 0.717) is 5.56 Å². The van der Waals surface area contributed by atoms with E-state index in [1.165, 1.54) is 6.07 Å². The molecule has 0 saturated carbocycles. The number of phenols is 1. The van der Waals surface area contributed by atoms with Crippen LogP contribution in [0.4, 0.5) is 4.39 Å². The molecule has 0 heterocycles. The van der Waals surface area contributed by atoms with E-state index in [2.05, 4.69) is 0 Å². The Bertz CT molecular complexity index is 550. The molecule has 0 saturated heterocycles. The smallest absolute Gasteiger partial charge is 0.134 e. The van der Waals surface area contributed by atoms with Crippen molar-refractivity contribution in [2.75, 3.05) is 7.11 Å². The predicted molar refractivity (Wildman–Crippen MR) is 64.8 cm³/mol. The number of benzene rings is 2. The Hall–Kier alpha value is -2.03. The molecule has 1 N–H and O–H groups in total. The minimum atomic E-state index is -0.432. The average Bonchev–Trinajstić information content (AvgIpc) is 2.30. The minimum absolute atomic E-state index is 0.0718. The lowest BCUT2D eigenvalue weighted by atomic mass is 10.00. The average molecular weight is 232 g/mol. The van der Waals surface area contributed by atoms with Gasteiger partial charge in [0.15, 0.2) is 0 Å². The van der Waals surface area contributed by atoms with Gasteiger partial charge in [0.1, 0.15) is 17.3 Å². The highest BCUT2D eigenvalue weighted by Gasteiger charge is 2.09. The number of ether oxygens (including phenoxy) is 1. The van der Waals surface area contributed by atoms with Crippen molar-refractivity contribution in [3.8, 4) is 22.6 Å². The van der Waals surface area contributed by atoms with E-state index in [-0.39, 0.29) is 5.75 Å². The zero-order chi connectivity index (χ0) is 12.4. The Morgan fingerprint density at radius 2 is 1.76 bits per heavy atom. The van der Waals surface area contributed by atoms with Crippen LogP contribution in [0, 0.1) is 12.7 Å². The van der Waals surface area contributed by atoms with Gasteiger partial charge in [0.05, 0.1) is 7.11 Å². The van der Waals surface area contributed by atoms with Crippen LogP contribution in [0.3, 0.4) is 0 Å². The topological polar surface area (TPSA) is 29.5 Å². The van der Waals surface area contributed by atoms with Crippen LogP contribution in [0.25, 0.3) is 11.1 Å². The summed E-state index contributed by atoms with van der Waals surface area (Å²) < 4.78 is 18.8. The maximum absolute atomic E-state index is 13.7. The van der Waals surface area contributed by atoms with Crippen molar-refractivity contribution in [1.82, 2.24) is 0 Å². The number of aromatic hydroxyl groups is 1. The summed E-state index contributed by atoms with van der Waals surface area (Å²) in [4.78, 5) is 0. The molecule has 2 nitrogen and oxygen atoms in total. The molecule has 0 aliphatic carbocycles. The van der Waals surface area contributed by atoms with E-state index < -0.39 is 5.82 Å². The number of methoxy groups -OCH3 is 1. The van der Waals surface area contributed by atoms with E-state index in [4.69, 9.17) is 4.74 Å². The summed E-state index contributed by atoms with van der Waals surface area (Å²) in [6.45, 7) is 1.89. The summed E-state index contributed by atoms with van der Waals surface area (Å²) in [6.07, 6.45) is 0. The third-order valence-electron chi connectivity index (χ3n) is 2.68. The van der Waals surface area contributed by atoms with Crippen molar-refractivity contribution in [3.63, 3.8) is 0 Å². The van der Waals surface area contributed by atoms with Crippen LogP contribution in [0.15, 0.2) is 36.4 Å². The zero-order valence-corrected chi connectivity index (χ0v) is 9.70. The molecule has 0 amide bonds. The molecule has 3 heteroatoms. The van der Waals surface area contributed by atoms with Gasteiger partial charge in [0.25, 0.3) is 0 Å². The normalized spacial score (nSPS) is 10.3. The molecule has 0 unspecified atom stereocenters. The Balaban J connectivity index is 2.53. The van der Waals surface area contributed by atoms with E-state index in [1.54, 1.807) is 19.2 Å². The molecule has 0 aliphatic rings. The summed E-state index contributed by atoms with van der Waals surface area (Å²) in [7, 11) is 1.59. The Labute approximate surface area is 99.3 Å². The standard InChI is InChI=1S/C14H13FO2/c1-9-7-11(17-2)4-6-12(9)13-5-3-10(16)8-14(13)15/h3-8,16H,1-2H3. The quantitative estimate of drug-likeness (QED) is 0.858. The molecule has 0 aromatic heterocycles. The highest BCUT2D eigenvalue weighted by molar-refractivity contribution is 5.69. The number of hydrogen-bond acceptors (Lipinski definition) is 2. The van der Waals surface area contributed by atoms with Crippen molar-refractivity contribution in [2.45, 2.75) is 6.92 Å². The molecule has 0 atom stereocenters. The van der Waals surface area contributed by atoms with Crippen LogP contribution in [-0.4, -0.2) is 12.2 Å². The number of phenolic OH excluding ortho intramolecular Hbond substituents is 1. The van der Waals surface area contributed by atoms with Crippen LogP contribution < -0.4 is 4.74 Å². The van der Waals surface area contributed by atoms with Crippen molar-refractivity contribution in [3.05, 3.63) is 47.8 Å². The lowest BCUT2D eigenvalue weighted by molar-refractivity contribution is 0.414. The molecule has 2 rings (SSSR count). The first kappa shape index (κ1) is 11.5. The van der Waals surface area contributed by atoms with E-state index in [0.717, 1.165) is 22.9 Å². The van der Waals surface area contributed by atoms with E-state index >= 15 is 0 Å². The van der Waals surface area contributed by atoms with Gasteiger partial charge < -0.3 is 9.84 Å². The number of rotatable bonds is 2. The summed E-state index contributed by atoms with van der Waals surface area (Å²) in [5.41, 5.74) is 2.19. The molecule has 0 aliphatic heterocycles. The summed E-state index contributed by atoms with van der Waals surface area (Å²) in [5.74, 6) is 0.237. The zero-order valence-electron chi connectivity index (χ0n) is 9.70. The van der Waals surface area contributed by atoms with Crippen molar-refractivity contribution >= 4 is 0 Å². The van der Waals surface area contributed by atoms with Crippen LogP contribution in [0.2, 0.25) is 0 Å². The largest absolute Gasteiger partial charge is 0.508 e. The molecule has 0 bridgehead atoms. The highest BCUT2D eigenvalue weighted by atomic mass is 19.1. The van der Waals surface area contributed by atoms with Crippen LogP contribution in [0.5, 0.6) is 11.5 Å². The van der Waals surface area contributed by atoms with Gasteiger partial charge in [-0.3, -0.25) is 0 Å². The molecule has 88 valence electrons. The number of halogens is 1. The summed E-state index contributed by atoms with van der Waals surface area (Å²) in [6, 6.07) is 9.60. The van der Waals surface area contributed by atoms with E-state index in [1.807, 2.05) is 19.1 Å². The molecular weight excluding hydrogens is 219 g/mol. The predicted octanol–water partition coefficient (Wildman–Crippen LogP) is 3.52. The van der Waals surface area contributed by atoms with Gasteiger partial charge in [-0.1, -0.05) is 6.07 Å². The fraction of sp³-hybridized carbons (Fsp3) is 0.143. The van der Waals surface area contributed by atoms with Crippen LogP contribution >= 0.6 is 0 Å². The maximum atomic E-state index is 13.7. The second-order valence-electron chi connectivity index (χ2n) is 3.85. The van der Waals surface area contributed by atoms with Gasteiger partial charge in [-0.25, -0.2) is 4.39 Å². The van der Waals surface area contributed by atoms with Gasteiger partial charge in [0, 0.05) is 11.6 Å². The van der Waals surface area contributed by atoms with Gasteiger partial charge in [0.2, 0.25) is 0 Å². The van der Waals surface area contributed by atoms with Crippen molar-refractivity contribution in [2.24, 2.45) is 0 Å². The van der Waals surface area contributed by atoms with Crippen LogP contribution in [0.1, 0.15) is 5.56 Å². The van der Waals surface area contributed by atoms with Gasteiger partial charge in [-0.2, -0.15) is 0 Å².